The Bertz CT molecular complexity index is 793. The lowest BCUT2D eigenvalue weighted by molar-refractivity contribution is -0.137. The number of para-hydroxylation sites is 1. The maximum Gasteiger partial charge on any atom is 0.348 e. The van der Waals surface area contributed by atoms with Gasteiger partial charge in [-0.05, 0) is 25.1 Å². The summed E-state index contributed by atoms with van der Waals surface area (Å²) in [4.78, 5) is 11.7. The molecule has 0 amide bonds. The molecule has 0 unspecified atom stereocenters. The number of halogens is 1. The van der Waals surface area contributed by atoms with Crippen LogP contribution in [0.25, 0.3) is 6.08 Å². The Morgan fingerprint density at radius 3 is 2.62 bits per heavy atom. The summed E-state index contributed by atoms with van der Waals surface area (Å²) in [6.45, 7) is 2.18. The molecule has 2 aromatic rings. The topological polar surface area (TPSA) is 59.3 Å². The monoisotopic (exact) mass is 341 g/mol. The van der Waals surface area contributed by atoms with Crippen molar-refractivity contribution in [1.29, 1.82) is 5.26 Å². The maximum absolute atomic E-state index is 11.7. The number of rotatable bonds is 6. The molecule has 122 valence electrons. The normalized spacial score (nSPS) is 10.8. The van der Waals surface area contributed by atoms with Gasteiger partial charge in [-0.2, -0.15) is 5.26 Å². The number of benzene rings is 2. The average Bonchev–Trinajstić information content (AvgIpc) is 2.60. The number of ether oxygens (including phenoxy) is 2. The van der Waals surface area contributed by atoms with Crippen molar-refractivity contribution in [2.24, 2.45) is 0 Å². The van der Waals surface area contributed by atoms with Crippen molar-refractivity contribution in [3.8, 4) is 11.8 Å². The van der Waals surface area contributed by atoms with Crippen LogP contribution < -0.4 is 4.74 Å². The molecule has 0 atom stereocenters. The van der Waals surface area contributed by atoms with Gasteiger partial charge in [0.25, 0.3) is 0 Å². The molecule has 4 nitrogen and oxygen atoms in total. The van der Waals surface area contributed by atoms with Crippen LogP contribution in [0.1, 0.15) is 18.1 Å². The maximum atomic E-state index is 11.7. The number of nitrogens with zero attached hydrogens (tertiary/aromatic N) is 1. The van der Waals surface area contributed by atoms with E-state index in [4.69, 9.17) is 26.3 Å². The summed E-state index contributed by atoms with van der Waals surface area (Å²) >= 11 is 6.12. The summed E-state index contributed by atoms with van der Waals surface area (Å²) < 4.78 is 10.7. The van der Waals surface area contributed by atoms with Crippen LogP contribution in [-0.2, 0) is 16.1 Å². The van der Waals surface area contributed by atoms with Gasteiger partial charge in [-0.25, -0.2) is 4.79 Å². The van der Waals surface area contributed by atoms with Crippen LogP contribution in [0.2, 0.25) is 5.02 Å². The largest absolute Gasteiger partial charge is 0.488 e. The molecule has 2 aromatic carbocycles. The molecular weight excluding hydrogens is 326 g/mol. The molecule has 0 saturated carbocycles. The molecule has 0 saturated heterocycles. The third-order valence-electron chi connectivity index (χ3n) is 3.18. The molecule has 5 heteroatoms. The Morgan fingerprint density at radius 1 is 1.21 bits per heavy atom. The van der Waals surface area contributed by atoms with Gasteiger partial charge in [-0.15, -0.1) is 0 Å². The standard InChI is InChI=1S/C19H16ClNO3/c1-2-23-19(22)16(12-21)11-14-7-4-6-10-18(14)24-13-15-8-3-5-9-17(15)20/h3-11H,2,13H2,1H3/b16-11-. The minimum absolute atomic E-state index is 0.0781. The summed E-state index contributed by atoms with van der Waals surface area (Å²) in [6.07, 6.45) is 1.46. The number of carbonyl (C=O) groups excluding carboxylic acids is 1. The SMILES string of the molecule is CCOC(=O)/C(C#N)=C\c1ccccc1OCc1ccccc1Cl. The van der Waals surface area contributed by atoms with Gasteiger partial charge in [0.1, 0.15) is 24.0 Å². The predicted octanol–water partition coefficient (Wildman–Crippen LogP) is 4.39. The molecule has 0 aliphatic carbocycles. The van der Waals surface area contributed by atoms with Crippen molar-refractivity contribution in [2.75, 3.05) is 6.61 Å². The first-order valence-corrected chi connectivity index (χ1v) is 7.77. The van der Waals surface area contributed by atoms with Crippen molar-refractivity contribution in [3.05, 3.63) is 70.3 Å². The van der Waals surface area contributed by atoms with Crippen molar-refractivity contribution in [3.63, 3.8) is 0 Å². The van der Waals surface area contributed by atoms with E-state index in [0.717, 1.165) is 5.56 Å². The lowest BCUT2D eigenvalue weighted by Crippen LogP contribution is -2.06. The summed E-state index contributed by atoms with van der Waals surface area (Å²) in [5, 5.41) is 9.76. The number of nitriles is 1. The van der Waals surface area contributed by atoms with E-state index in [1.165, 1.54) is 6.08 Å². The van der Waals surface area contributed by atoms with Gasteiger partial charge in [-0.1, -0.05) is 48.0 Å². The summed E-state index contributed by atoms with van der Waals surface area (Å²) in [5.74, 6) is -0.102. The second-order valence-electron chi connectivity index (χ2n) is 4.81. The van der Waals surface area contributed by atoms with E-state index >= 15 is 0 Å². The molecule has 0 radical (unpaired) electrons. The Morgan fingerprint density at radius 2 is 1.92 bits per heavy atom. The highest BCUT2D eigenvalue weighted by Crippen LogP contribution is 2.24. The average molecular weight is 342 g/mol. The van der Waals surface area contributed by atoms with Gasteiger partial charge < -0.3 is 9.47 Å². The van der Waals surface area contributed by atoms with Gasteiger partial charge in [0.15, 0.2) is 0 Å². The van der Waals surface area contributed by atoms with Crippen LogP contribution in [-0.4, -0.2) is 12.6 Å². The molecular formula is C19H16ClNO3. The number of esters is 1. The van der Waals surface area contributed by atoms with E-state index in [9.17, 15) is 4.79 Å². The minimum atomic E-state index is -0.652. The predicted molar refractivity (Wildman–Crippen MR) is 92.4 cm³/mol. The number of hydrogen-bond donors (Lipinski definition) is 0. The molecule has 0 N–H and O–H groups in total. The van der Waals surface area contributed by atoms with Crippen LogP contribution in [0.15, 0.2) is 54.1 Å². The van der Waals surface area contributed by atoms with E-state index in [1.54, 1.807) is 31.2 Å². The van der Waals surface area contributed by atoms with E-state index in [-0.39, 0.29) is 18.8 Å². The fourth-order valence-electron chi connectivity index (χ4n) is 2.00. The van der Waals surface area contributed by atoms with E-state index < -0.39 is 5.97 Å². The van der Waals surface area contributed by atoms with E-state index in [0.29, 0.717) is 16.3 Å². The first kappa shape index (κ1) is 17.6. The van der Waals surface area contributed by atoms with Crippen LogP contribution >= 0.6 is 11.6 Å². The highest BCUT2D eigenvalue weighted by molar-refractivity contribution is 6.31. The van der Waals surface area contributed by atoms with Crippen molar-refractivity contribution >= 4 is 23.6 Å². The van der Waals surface area contributed by atoms with Crippen LogP contribution in [0, 0.1) is 11.3 Å². The van der Waals surface area contributed by atoms with Crippen LogP contribution in [0.5, 0.6) is 5.75 Å². The molecule has 2 rings (SSSR count). The quantitative estimate of drug-likeness (QED) is 0.444. The second kappa shape index (κ2) is 8.76. The Kier molecular flexibility index (Phi) is 6.41. The smallest absolute Gasteiger partial charge is 0.348 e. The molecule has 0 aliphatic heterocycles. The first-order valence-electron chi connectivity index (χ1n) is 7.40. The highest BCUT2D eigenvalue weighted by Gasteiger charge is 2.11. The number of carbonyl (C=O) groups is 1. The van der Waals surface area contributed by atoms with Gasteiger partial charge in [-0.3, -0.25) is 0 Å². The van der Waals surface area contributed by atoms with Crippen molar-refractivity contribution < 1.29 is 14.3 Å². The van der Waals surface area contributed by atoms with Crippen LogP contribution in [0.4, 0.5) is 0 Å². The third kappa shape index (κ3) is 4.61. The molecule has 0 bridgehead atoms. The van der Waals surface area contributed by atoms with Gasteiger partial charge in [0.05, 0.1) is 6.61 Å². The molecule has 0 spiro atoms. The Balaban J connectivity index is 2.23. The molecule has 24 heavy (non-hydrogen) atoms. The van der Waals surface area contributed by atoms with E-state index in [1.807, 2.05) is 30.3 Å². The van der Waals surface area contributed by atoms with Crippen LogP contribution in [0.3, 0.4) is 0 Å². The molecule has 0 fully saturated rings. The zero-order chi connectivity index (χ0) is 17.4. The third-order valence-corrected chi connectivity index (χ3v) is 3.54. The molecule has 0 heterocycles. The summed E-state index contributed by atoms with van der Waals surface area (Å²) in [7, 11) is 0. The fourth-order valence-corrected chi connectivity index (χ4v) is 2.19. The summed E-state index contributed by atoms with van der Waals surface area (Å²) in [5.41, 5.74) is 1.39. The van der Waals surface area contributed by atoms with Gasteiger partial charge in [0, 0.05) is 16.1 Å². The highest BCUT2D eigenvalue weighted by atomic mass is 35.5. The Labute approximate surface area is 145 Å². The molecule has 0 aliphatic rings. The first-order chi connectivity index (χ1) is 11.7. The Hall–Kier alpha value is -2.77. The van der Waals surface area contributed by atoms with Crippen molar-refractivity contribution in [1.82, 2.24) is 0 Å². The van der Waals surface area contributed by atoms with Gasteiger partial charge >= 0.3 is 5.97 Å². The minimum Gasteiger partial charge on any atom is -0.488 e. The lowest BCUT2D eigenvalue weighted by Gasteiger charge is -2.10. The van der Waals surface area contributed by atoms with Crippen molar-refractivity contribution in [2.45, 2.75) is 13.5 Å². The van der Waals surface area contributed by atoms with Gasteiger partial charge in [0.2, 0.25) is 0 Å². The zero-order valence-corrected chi connectivity index (χ0v) is 13.9. The second-order valence-corrected chi connectivity index (χ2v) is 5.22. The van der Waals surface area contributed by atoms with E-state index in [2.05, 4.69) is 0 Å². The molecule has 0 aromatic heterocycles. The number of hydrogen-bond acceptors (Lipinski definition) is 4. The zero-order valence-electron chi connectivity index (χ0n) is 13.2. The summed E-state index contributed by atoms with van der Waals surface area (Å²) in [6, 6.07) is 16.4. The lowest BCUT2D eigenvalue weighted by atomic mass is 10.1. The fraction of sp³-hybridized carbons (Fsp3) is 0.158.